The van der Waals surface area contributed by atoms with Crippen molar-refractivity contribution in [2.45, 2.75) is 45.6 Å². The first kappa shape index (κ1) is 21.1. The van der Waals surface area contributed by atoms with Crippen LogP contribution in [0.1, 0.15) is 48.1 Å². The molecule has 33 heavy (non-hydrogen) atoms. The summed E-state index contributed by atoms with van der Waals surface area (Å²) in [5.74, 6) is 0.758. The van der Waals surface area contributed by atoms with Gasteiger partial charge in [-0.3, -0.25) is 4.79 Å². The normalized spacial score (nSPS) is 13.4. The summed E-state index contributed by atoms with van der Waals surface area (Å²) in [6, 6.07) is 14.3. The van der Waals surface area contributed by atoms with E-state index in [1.54, 1.807) is 16.8 Å². The van der Waals surface area contributed by atoms with Crippen LogP contribution < -0.4 is 5.32 Å². The largest absolute Gasteiger partial charge is 0.319 e. The second kappa shape index (κ2) is 8.97. The van der Waals surface area contributed by atoms with Crippen LogP contribution in [0, 0.1) is 5.82 Å². The van der Waals surface area contributed by atoms with Gasteiger partial charge >= 0.3 is 0 Å². The molecule has 0 unspecified atom stereocenters. The number of aryl methyl sites for hydroxylation is 1. The number of nitrogens with one attached hydrogen (secondary N) is 1. The number of fused-ring (bicyclic) bond motifs is 1. The van der Waals surface area contributed by atoms with Gasteiger partial charge in [0.25, 0.3) is 5.91 Å². The Morgan fingerprint density at radius 3 is 2.76 bits per heavy atom. The van der Waals surface area contributed by atoms with Gasteiger partial charge in [-0.15, -0.1) is 10.2 Å². The monoisotopic (exact) mass is 444 g/mol. The summed E-state index contributed by atoms with van der Waals surface area (Å²) in [4.78, 5) is 13.1. The summed E-state index contributed by atoms with van der Waals surface area (Å²) in [5, 5.41) is 15.8. The molecule has 0 aliphatic carbocycles. The number of benzene rings is 2. The molecular weight excluding hydrogens is 419 g/mol. The second-order valence-electron chi connectivity index (χ2n) is 8.16. The Bertz CT molecular complexity index is 1290. The molecule has 0 atom stereocenters. The van der Waals surface area contributed by atoms with Crippen LogP contribution in [0.2, 0.25) is 0 Å². The molecule has 0 saturated heterocycles. The maximum absolute atomic E-state index is 14.7. The molecule has 4 aromatic rings. The average molecular weight is 445 g/mol. The molecule has 3 heterocycles. The lowest BCUT2D eigenvalue weighted by molar-refractivity contribution is 0.102. The molecule has 0 radical (unpaired) electrons. The number of aromatic nitrogens is 5. The van der Waals surface area contributed by atoms with Crippen LogP contribution in [0.5, 0.6) is 0 Å². The van der Waals surface area contributed by atoms with Gasteiger partial charge in [0.1, 0.15) is 11.6 Å². The van der Waals surface area contributed by atoms with Gasteiger partial charge in [-0.2, -0.15) is 5.10 Å². The summed E-state index contributed by atoms with van der Waals surface area (Å²) in [6.07, 6.45) is 6.34. The van der Waals surface area contributed by atoms with Crippen LogP contribution in [-0.4, -0.2) is 30.5 Å². The highest BCUT2D eigenvalue weighted by Gasteiger charge is 2.20. The summed E-state index contributed by atoms with van der Waals surface area (Å²) in [6.45, 7) is 2.81. The lowest BCUT2D eigenvalue weighted by atomic mass is 10.1. The van der Waals surface area contributed by atoms with E-state index >= 15 is 0 Å². The third-order valence-electron chi connectivity index (χ3n) is 6.03. The zero-order valence-electron chi connectivity index (χ0n) is 18.5. The fourth-order valence-corrected chi connectivity index (χ4v) is 4.34. The van der Waals surface area contributed by atoms with Gasteiger partial charge in [-0.1, -0.05) is 31.5 Å². The van der Waals surface area contributed by atoms with Crippen molar-refractivity contribution in [3.63, 3.8) is 0 Å². The van der Waals surface area contributed by atoms with E-state index < -0.39 is 11.7 Å². The van der Waals surface area contributed by atoms with Crippen molar-refractivity contribution in [1.29, 1.82) is 0 Å². The third kappa shape index (κ3) is 4.04. The zero-order chi connectivity index (χ0) is 22.8. The quantitative estimate of drug-likeness (QED) is 0.479. The fraction of sp³-hybridized carbons (Fsp3) is 0.280. The molecule has 1 aliphatic heterocycles. The van der Waals surface area contributed by atoms with Crippen molar-refractivity contribution in [3.8, 4) is 17.1 Å². The highest BCUT2D eigenvalue weighted by atomic mass is 19.1. The highest BCUT2D eigenvalue weighted by Crippen LogP contribution is 2.27. The highest BCUT2D eigenvalue weighted by molar-refractivity contribution is 6.05. The Labute approximate surface area is 191 Å². The van der Waals surface area contributed by atoms with Crippen molar-refractivity contribution in [2.75, 3.05) is 5.32 Å². The number of para-hydroxylation sites is 1. The van der Waals surface area contributed by atoms with Crippen molar-refractivity contribution in [3.05, 3.63) is 77.6 Å². The number of hydrogen-bond acceptors (Lipinski definition) is 4. The molecule has 1 amide bonds. The third-order valence-corrected chi connectivity index (χ3v) is 6.03. The number of nitrogens with zero attached hydrogens (tertiary/aromatic N) is 5. The number of amides is 1. The molecule has 0 fully saturated rings. The molecule has 0 bridgehead atoms. The zero-order valence-corrected chi connectivity index (χ0v) is 18.5. The number of hydrogen-bond donors (Lipinski definition) is 1. The topological polar surface area (TPSA) is 77.6 Å². The molecule has 1 aliphatic rings. The predicted octanol–water partition coefficient (Wildman–Crippen LogP) is 4.81. The van der Waals surface area contributed by atoms with Crippen LogP contribution in [0.4, 0.5) is 10.1 Å². The van der Waals surface area contributed by atoms with Gasteiger partial charge in [0.15, 0.2) is 5.82 Å². The van der Waals surface area contributed by atoms with Crippen LogP contribution in [0.3, 0.4) is 0 Å². The van der Waals surface area contributed by atoms with Crippen LogP contribution in [-0.2, 0) is 19.4 Å². The Morgan fingerprint density at radius 1 is 1.09 bits per heavy atom. The molecule has 5 rings (SSSR count). The Hall–Kier alpha value is -3.81. The molecule has 168 valence electrons. The van der Waals surface area contributed by atoms with Gasteiger partial charge in [-0.25, -0.2) is 9.07 Å². The standard InChI is InChI=1S/C25H25FN6O/c1-2-22-19(16-27-32(22)18-9-5-3-6-10-18)25(33)28-21-15-17(12-13-20(21)26)24-30-29-23-11-7-4-8-14-31(23)24/h3,5-6,9-10,12-13,15-16H,2,4,7-8,11,14H2,1H3,(H,28,33). The lowest BCUT2D eigenvalue weighted by Crippen LogP contribution is -2.15. The fourth-order valence-electron chi connectivity index (χ4n) is 4.34. The van der Waals surface area contributed by atoms with E-state index in [1.165, 1.54) is 12.3 Å². The Balaban J connectivity index is 1.44. The van der Waals surface area contributed by atoms with Crippen LogP contribution in [0.15, 0.2) is 54.7 Å². The number of carbonyl (C=O) groups is 1. The van der Waals surface area contributed by atoms with Crippen LogP contribution >= 0.6 is 0 Å². The van der Waals surface area contributed by atoms with Crippen molar-refractivity contribution >= 4 is 11.6 Å². The summed E-state index contributed by atoms with van der Waals surface area (Å²) >= 11 is 0. The van der Waals surface area contributed by atoms with E-state index in [9.17, 15) is 9.18 Å². The first-order valence-electron chi connectivity index (χ1n) is 11.3. The van der Waals surface area contributed by atoms with Gasteiger partial charge in [-0.05, 0) is 49.6 Å². The van der Waals surface area contributed by atoms with E-state index in [-0.39, 0.29) is 5.69 Å². The SMILES string of the molecule is CCc1c(C(=O)Nc2cc(-c3nnc4n3CCCCC4)ccc2F)cnn1-c1ccccc1. The first-order valence-corrected chi connectivity index (χ1v) is 11.3. The molecule has 8 heteroatoms. The number of halogens is 1. The van der Waals surface area contributed by atoms with E-state index in [0.717, 1.165) is 55.0 Å². The van der Waals surface area contributed by atoms with E-state index in [2.05, 4.69) is 25.2 Å². The molecule has 0 saturated carbocycles. The van der Waals surface area contributed by atoms with Crippen LogP contribution in [0.25, 0.3) is 17.1 Å². The maximum atomic E-state index is 14.7. The maximum Gasteiger partial charge on any atom is 0.259 e. The molecule has 0 spiro atoms. The van der Waals surface area contributed by atoms with Crippen molar-refractivity contribution in [2.24, 2.45) is 0 Å². The lowest BCUT2D eigenvalue weighted by Gasteiger charge is -2.11. The molecule has 7 nitrogen and oxygen atoms in total. The van der Waals surface area contributed by atoms with Gasteiger partial charge < -0.3 is 9.88 Å². The van der Waals surface area contributed by atoms with Gasteiger partial charge in [0, 0.05) is 18.5 Å². The minimum atomic E-state index is -0.504. The number of carbonyl (C=O) groups excluding carboxylic acids is 1. The minimum absolute atomic E-state index is 0.109. The Morgan fingerprint density at radius 2 is 1.94 bits per heavy atom. The molecule has 2 aromatic carbocycles. The molecule has 1 N–H and O–H groups in total. The second-order valence-corrected chi connectivity index (χ2v) is 8.16. The summed E-state index contributed by atoms with van der Waals surface area (Å²) in [7, 11) is 0. The summed E-state index contributed by atoms with van der Waals surface area (Å²) < 4.78 is 18.5. The smallest absolute Gasteiger partial charge is 0.259 e. The summed E-state index contributed by atoms with van der Waals surface area (Å²) in [5.41, 5.74) is 2.88. The average Bonchev–Trinajstić information content (AvgIpc) is 3.38. The van der Waals surface area contributed by atoms with Gasteiger partial charge in [0.05, 0.1) is 28.8 Å². The van der Waals surface area contributed by atoms with Crippen molar-refractivity contribution < 1.29 is 9.18 Å². The minimum Gasteiger partial charge on any atom is -0.319 e. The number of anilines is 1. The molecule has 2 aromatic heterocycles. The Kier molecular flexibility index (Phi) is 5.73. The predicted molar refractivity (Wildman–Crippen MR) is 124 cm³/mol. The van der Waals surface area contributed by atoms with E-state index in [1.807, 2.05) is 37.3 Å². The van der Waals surface area contributed by atoms with E-state index in [0.29, 0.717) is 17.8 Å². The van der Waals surface area contributed by atoms with E-state index in [4.69, 9.17) is 0 Å². The van der Waals surface area contributed by atoms with Crippen molar-refractivity contribution in [1.82, 2.24) is 24.5 Å². The van der Waals surface area contributed by atoms with Gasteiger partial charge in [0.2, 0.25) is 0 Å². The molecular formula is C25H25FN6O. The number of rotatable bonds is 5. The first-order chi connectivity index (χ1) is 16.2.